The number of nitrogens with one attached hydrogen (secondary N) is 1. The fourth-order valence-corrected chi connectivity index (χ4v) is 2.74. The van der Waals surface area contributed by atoms with Crippen LogP contribution in [-0.4, -0.2) is 28.5 Å². The summed E-state index contributed by atoms with van der Waals surface area (Å²) in [6, 6.07) is 9.71. The van der Waals surface area contributed by atoms with Crippen molar-refractivity contribution in [2.45, 2.75) is 25.8 Å². The molecule has 0 unspecified atom stereocenters. The smallest absolute Gasteiger partial charge is 0.249 e. The lowest BCUT2D eigenvalue weighted by Crippen LogP contribution is -2.41. The summed E-state index contributed by atoms with van der Waals surface area (Å²) >= 11 is 0. The minimum absolute atomic E-state index is 0.0925. The quantitative estimate of drug-likeness (QED) is 0.939. The number of anilines is 2. The van der Waals surface area contributed by atoms with Gasteiger partial charge in [-0.2, -0.15) is 0 Å². The predicted octanol–water partition coefficient (Wildman–Crippen LogP) is 2.43. The van der Waals surface area contributed by atoms with Gasteiger partial charge in [-0.25, -0.2) is 9.97 Å². The van der Waals surface area contributed by atoms with E-state index in [0.29, 0.717) is 11.9 Å². The molecule has 2 heterocycles. The third-order valence-corrected chi connectivity index (χ3v) is 3.90. The van der Waals surface area contributed by atoms with Gasteiger partial charge < -0.3 is 4.90 Å². The van der Waals surface area contributed by atoms with Gasteiger partial charge in [-0.3, -0.25) is 10.1 Å². The van der Waals surface area contributed by atoms with Gasteiger partial charge in [0.2, 0.25) is 11.9 Å². The van der Waals surface area contributed by atoms with Crippen LogP contribution in [0.5, 0.6) is 0 Å². The number of nitrogens with zero attached hydrogens (tertiary/aromatic N) is 3. The second-order valence-electron chi connectivity index (χ2n) is 5.35. The summed E-state index contributed by atoms with van der Waals surface area (Å²) in [6.07, 6.45) is 3.22. The Kier molecular flexibility index (Phi) is 3.56. The molecule has 108 valence electrons. The van der Waals surface area contributed by atoms with Gasteiger partial charge in [0.15, 0.2) is 0 Å². The number of aromatic nitrogens is 2. The molecule has 1 aliphatic heterocycles. The molecular weight excluding hydrogens is 264 g/mol. The van der Waals surface area contributed by atoms with Crippen molar-refractivity contribution in [3.05, 3.63) is 48.3 Å². The van der Waals surface area contributed by atoms with Crippen LogP contribution in [0.3, 0.4) is 0 Å². The van der Waals surface area contributed by atoms with Gasteiger partial charge in [-0.1, -0.05) is 25.1 Å². The lowest BCUT2D eigenvalue weighted by atomic mass is 10.0. The normalized spacial score (nSPS) is 18.2. The van der Waals surface area contributed by atoms with E-state index in [0.717, 1.165) is 12.2 Å². The van der Waals surface area contributed by atoms with Crippen molar-refractivity contribution in [2.24, 2.45) is 0 Å². The van der Waals surface area contributed by atoms with Gasteiger partial charge in [0.1, 0.15) is 6.04 Å². The van der Waals surface area contributed by atoms with Crippen molar-refractivity contribution >= 4 is 17.5 Å². The fraction of sp³-hybridized carbons (Fsp3) is 0.312. The summed E-state index contributed by atoms with van der Waals surface area (Å²) in [5, 5.41) is 2.76. The lowest BCUT2D eigenvalue weighted by Gasteiger charge is -2.26. The number of para-hydroxylation sites is 1. The van der Waals surface area contributed by atoms with Gasteiger partial charge in [0.05, 0.1) is 0 Å². The largest absolute Gasteiger partial charge is 0.359 e. The van der Waals surface area contributed by atoms with E-state index in [9.17, 15) is 4.79 Å². The van der Waals surface area contributed by atoms with Crippen LogP contribution in [0.4, 0.5) is 11.6 Å². The molecule has 2 aromatic rings. The standard InChI is InChI=1S/C16H18N4O/c1-11-10-20(14-7-4-3-6-13(11)14)12(2)15(21)19-16-17-8-5-9-18-16/h3-9,11-12H,10H2,1-2H3,(H,17,18,19,21)/t11-,12-/m1/s1. The molecule has 21 heavy (non-hydrogen) atoms. The zero-order valence-corrected chi connectivity index (χ0v) is 12.2. The average molecular weight is 282 g/mol. The summed E-state index contributed by atoms with van der Waals surface area (Å²) < 4.78 is 0. The first-order chi connectivity index (χ1) is 10.2. The van der Waals surface area contributed by atoms with E-state index >= 15 is 0 Å². The Morgan fingerprint density at radius 2 is 2.00 bits per heavy atom. The van der Waals surface area contributed by atoms with E-state index < -0.39 is 0 Å². The van der Waals surface area contributed by atoms with Gasteiger partial charge in [0, 0.05) is 30.5 Å². The van der Waals surface area contributed by atoms with E-state index in [1.165, 1.54) is 5.56 Å². The first kappa shape index (κ1) is 13.5. The molecule has 0 radical (unpaired) electrons. The molecule has 5 nitrogen and oxygen atoms in total. The van der Waals surface area contributed by atoms with E-state index in [1.807, 2.05) is 19.1 Å². The zero-order valence-electron chi connectivity index (χ0n) is 12.2. The van der Waals surface area contributed by atoms with E-state index in [-0.39, 0.29) is 11.9 Å². The summed E-state index contributed by atoms with van der Waals surface area (Å²) in [6.45, 7) is 4.94. The Hall–Kier alpha value is -2.43. The third-order valence-electron chi connectivity index (χ3n) is 3.90. The Morgan fingerprint density at radius 3 is 2.76 bits per heavy atom. The van der Waals surface area contributed by atoms with Crippen LogP contribution in [0.2, 0.25) is 0 Å². The summed E-state index contributed by atoms with van der Waals surface area (Å²) in [5.74, 6) is 0.685. The molecular formula is C16H18N4O. The van der Waals surface area contributed by atoms with Crippen molar-refractivity contribution in [1.82, 2.24) is 9.97 Å². The molecule has 0 saturated heterocycles. The molecule has 0 aliphatic carbocycles. The SMILES string of the molecule is C[C@@H]1CN([C@H](C)C(=O)Nc2ncccn2)c2ccccc21. The second kappa shape index (κ2) is 5.52. The number of benzene rings is 1. The number of carbonyl (C=O) groups excluding carboxylic acids is 1. The molecule has 0 spiro atoms. The van der Waals surface area contributed by atoms with Gasteiger partial charge in [-0.15, -0.1) is 0 Å². The maximum atomic E-state index is 12.4. The average Bonchev–Trinajstić information content (AvgIpc) is 2.85. The maximum absolute atomic E-state index is 12.4. The van der Waals surface area contributed by atoms with Crippen LogP contribution in [0.1, 0.15) is 25.3 Å². The Bertz CT molecular complexity index is 644. The molecule has 2 atom stereocenters. The second-order valence-corrected chi connectivity index (χ2v) is 5.35. The molecule has 5 heteroatoms. The predicted molar refractivity (Wildman–Crippen MR) is 82.3 cm³/mol. The van der Waals surface area contributed by atoms with Crippen molar-refractivity contribution < 1.29 is 4.79 Å². The van der Waals surface area contributed by atoms with Gasteiger partial charge in [-0.05, 0) is 24.6 Å². The van der Waals surface area contributed by atoms with Crippen LogP contribution in [0.25, 0.3) is 0 Å². The number of rotatable bonds is 3. The van der Waals surface area contributed by atoms with Crippen molar-refractivity contribution in [2.75, 3.05) is 16.8 Å². The monoisotopic (exact) mass is 282 g/mol. The number of hydrogen-bond donors (Lipinski definition) is 1. The molecule has 1 aromatic carbocycles. The van der Waals surface area contributed by atoms with Crippen molar-refractivity contribution in [1.29, 1.82) is 0 Å². The third kappa shape index (κ3) is 2.59. The van der Waals surface area contributed by atoms with E-state index in [4.69, 9.17) is 0 Å². The fourth-order valence-electron chi connectivity index (χ4n) is 2.74. The first-order valence-electron chi connectivity index (χ1n) is 7.10. The highest BCUT2D eigenvalue weighted by atomic mass is 16.2. The summed E-state index contributed by atoms with van der Waals surface area (Å²) in [5.41, 5.74) is 2.44. The number of hydrogen-bond acceptors (Lipinski definition) is 4. The molecule has 1 N–H and O–H groups in total. The van der Waals surface area contributed by atoms with Crippen LogP contribution in [0, 0.1) is 0 Å². The van der Waals surface area contributed by atoms with Gasteiger partial charge in [0.25, 0.3) is 0 Å². The lowest BCUT2D eigenvalue weighted by molar-refractivity contribution is -0.117. The van der Waals surface area contributed by atoms with Crippen LogP contribution in [-0.2, 0) is 4.79 Å². The Morgan fingerprint density at radius 1 is 1.29 bits per heavy atom. The molecule has 1 aliphatic rings. The number of fused-ring (bicyclic) bond motifs is 1. The van der Waals surface area contributed by atoms with Gasteiger partial charge >= 0.3 is 0 Å². The van der Waals surface area contributed by atoms with E-state index in [2.05, 4.69) is 39.2 Å². The summed E-state index contributed by atoms with van der Waals surface area (Å²) in [7, 11) is 0. The Labute approximate surface area is 124 Å². The molecule has 0 bridgehead atoms. The maximum Gasteiger partial charge on any atom is 0.249 e. The Balaban J connectivity index is 1.77. The minimum atomic E-state index is -0.264. The van der Waals surface area contributed by atoms with Crippen LogP contribution >= 0.6 is 0 Å². The molecule has 1 amide bonds. The molecule has 3 rings (SSSR count). The highest BCUT2D eigenvalue weighted by molar-refractivity contribution is 5.95. The van der Waals surface area contributed by atoms with Crippen molar-refractivity contribution in [3.8, 4) is 0 Å². The number of amides is 1. The molecule has 0 saturated carbocycles. The first-order valence-corrected chi connectivity index (χ1v) is 7.10. The molecule has 1 aromatic heterocycles. The summed E-state index contributed by atoms with van der Waals surface area (Å²) in [4.78, 5) is 22.6. The van der Waals surface area contributed by atoms with Crippen molar-refractivity contribution in [3.63, 3.8) is 0 Å². The topological polar surface area (TPSA) is 58.1 Å². The minimum Gasteiger partial charge on any atom is -0.359 e. The molecule has 0 fully saturated rings. The van der Waals surface area contributed by atoms with Crippen LogP contribution < -0.4 is 10.2 Å². The zero-order chi connectivity index (χ0) is 14.8. The number of carbonyl (C=O) groups is 1. The highest BCUT2D eigenvalue weighted by Crippen LogP contribution is 2.36. The highest BCUT2D eigenvalue weighted by Gasteiger charge is 2.31. The van der Waals surface area contributed by atoms with Crippen LogP contribution in [0.15, 0.2) is 42.7 Å². The van der Waals surface area contributed by atoms with E-state index in [1.54, 1.807) is 18.5 Å².